The molecule has 19 heavy (non-hydrogen) atoms. The van der Waals surface area contributed by atoms with E-state index in [9.17, 15) is 9.59 Å². The molecule has 0 atom stereocenters. The summed E-state index contributed by atoms with van der Waals surface area (Å²) < 4.78 is 5.14. The highest BCUT2D eigenvalue weighted by atomic mass is 32.2. The minimum absolute atomic E-state index is 0.0975. The van der Waals surface area contributed by atoms with Crippen LogP contribution in [0.5, 0.6) is 5.75 Å². The number of amides is 1. The molecule has 1 saturated heterocycles. The molecule has 1 aromatic rings. The molecule has 1 fully saturated rings. The molecule has 0 bridgehead atoms. The second-order valence-corrected chi connectivity index (χ2v) is 5.44. The lowest BCUT2D eigenvalue weighted by atomic mass is 10.1. The minimum Gasteiger partial charge on any atom is -0.497 e. The average molecular weight is 279 g/mol. The van der Waals surface area contributed by atoms with Crippen LogP contribution in [0.15, 0.2) is 29.2 Å². The first-order valence-electron chi connectivity index (χ1n) is 6.25. The number of ether oxygens (including phenoxy) is 1. The molecule has 0 unspecified atom stereocenters. The van der Waals surface area contributed by atoms with Gasteiger partial charge in [-0.25, -0.2) is 0 Å². The van der Waals surface area contributed by atoms with Gasteiger partial charge in [-0.2, -0.15) is 0 Å². The van der Waals surface area contributed by atoms with Crippen LogP contribution in [-0.4, -0.2) is 42.5 Å². The molecule has 0 spiro atoms. The van der Waals surface area contributed by atoms with Crippen LogP contribution in [-0.2, 0) is 9.59 Å². The number of nitrogens with zero attached hydrogens (tertiary/aromatic N) is 1. The summed E-state index contributed by atoms with van der Waals surface area (Å²) in [4.78, 5) is 25.9. The molecule has 0 aliphatic carbocycles. The Labute approximate surface area is 117 Å². The summed E-state index contributed by atoms with van der Waals surface area (Å²) in [5.41, 5.74) is 0. The molecule has 0 N–H and O–H groups in total. The number of piperidine rings is 1. The fraction of sp³-hybridized carbons (Fsp3) is 0.429. The predicted molar refractivity (Wildman–Crippen MR) is 74.5 cm³/mol. The molecule has 1 aliphatic heterocycles. The Kier molecular flexibility index (Phi) is 4.85. The summed E-state index contributed by atoms with van der Waals surface area (Å²) >= 11 is 1.50. The van der Waals surface area contributed by atoms with Crippen molar-refractivity contribution in [2.75, 3.05) is 26.0 Å². The van der Waals surface area contributed by atoms with E-state index in [0.717, 1.165) is 10.6 Å². The number of benzene rings is 1. The molecule has 1 heterocycles. The Morgan fingerprint density at radius 2 is 2.11 bits per heavy atom. The zero-order valence-corrected chi connectivity index (χ0v) is 11.7. The zero-order valence-electron chi connectivity index (χ0n) is 10.9. The first-order chi connectivity index (χ1) is 9.19. The number of hydrogen-bond acceptors (Lipinski definition) is 4. The van der Waals surface area contributed by atoms with Crippen molar-refractivity contribution >= 4 is 23.5 Å². The van der Waals surface area contributed by atoms with Crippen molar-refractivity contribution in [3.8, 4) is 5.75 Å². The van der Waals surface area contributed by atoms with E-state index in [2.05, 4.69) is 0 Å². The molecule has 102 valence electrons. The first-order valence-corrected chi connectivity index (χ1v) is 7.24. The standard InChI is InChI=1S/C14H17NO3S/c1-18-12-3-2-4-13(9-12)19-10-14(17)15-7-5-11(16)6-8-15/h2-4,9H,5-8,10H2,1H3. The van der Waals surface area contributed by atoms with Crippen molar-refractivity contribution in [3.63, 3.8) is 0 Å². The summed E-state index contributed by atoms with van der Waals surface area (Å²) in [7, 11) is 1.62. The zero-order chi connectivity index (χ0) is 13.7. The van der Waals surface area contributed by atoms with E-state index in [0.29, 0.717) is 31.7 Å². The van der Waals surface area contributed by atoms with E-state index < -0.39 is 0 Å². The van der Waals surface area contributed by atoms with Crippen molar-refractivity contribution in [1.82, 2.24) is 4.90 Å². The van der Waals surface area contributed by atoms with Crippen LogP contribution in [0.2, 0.25) is 0 Å². The van der Waals surface area contributed by atoms with E-state index >= 15 is 0 Å². The van der Waals surface area contributed by atoms with Crippen molar-refractivity contribution in [3.05, 3.63) is 24.3 Å². The lowest BCUT2D eigenvalue weighted by molar-refractivity contribution is -0.132. The molecule has 1 aliphatic rings. The minimum atomic E-state index is 0.0975. The number of thioether (sulfide) groups is 1. The van der Waals surface area contributed by atoms with Crippen LogP contribution in [0.25, 0.3) is 0 Å². The number of Topliss-reactive ketones (excluding diaryl/α,β-unsaturated/α-hetero) is 1. The number of carbonyl (C=O) groups is 2. The van der Waals surface area contributed by atoms with Crippen molar-refractivity contribution < 1.29 is 14.3 Å². The quantitative estimate of drug-likeness (QED) is 0.791. The van der Waals surface area contributed by atoms with Gasteiger partial charge in [-0.1, -0.05) is 6.07 Å². The van der Waals surface area contributed by atoms with Crippen LogP contribution in [0, 0.1) is 0 Å². The average Bonchev–Trinajstić information content (AvgIpc) is 2.46. The van der Waals surface area contributed by atoms with E-state index in [1.54, 1.807) is 12.0 Å². The number of hydrogen-bond donors (Lipinski definition) is 0. The summed E-state index contributed by atoms with van der Waals surface area (Å²) in [5, 5.41) is 0. The van der Waals surface area contributed by atoms with E-state index in [4.69, 9.17) is 4.74 Å². The molecular formula is C14H17NO3S. The lowest BCUT2D eigenvalue weighted by Crippen LogP contribution is -2.39. The largest absolute Gasteiger partial charge is 0.497 e. The number of rotatable bonds is 4. The van der Waals surface area contributed by atoms with Crippen LogP contribution in [0.1, 0.15) is 12.8 Å². The van der Waals surface area contributed by atoms with Crippen LogP contribution < -0.4 is 4.74 Å². The Morgan fingerprint density at radius 1 is 1.37 bits per heavy atom. The molecule has 0 saturated carbocycles. The lowest BCUT2D eigenvalue weighted by Gasteiger charge is -2.25. The van der Waals surface area contributed by atoms with Crippen LogP contribution >= 0.6 is 11.8 Å². The van der Waals surface area contributed by atoms with Gasteiger partial charge in [0.2, 0.25) is 5.91 Å². The maximum absolute atomic E-state index is 12.0. The number of carbonyl (C=O) groups excluding carboxylic acids is 2. The molecule has 0 aromatic heterocycles. The van der Waals surface area contributed by atoms with Crippen molar-refractivity contribution in [2.45, 2.75) is 17.7 Å². The van der Waals surface area contributed by atoms with Gasteiger partial charge in [0, 0.05) is 30.8 Å². The maximum atomic E-state index is 12.0. The second-order valence-electron chi connectivity index (χ2n) is 4.39. The fourth-order valence-corrected chi connectivity index (χ4v) is 2.78. The van der Waals surface area contributed by atoms with E-state index in [1.807, 2.05) is 24.3 Å². The highest BCUT2D eigenvalue weighted by Crippen LogP contribution is 2.23. The third kappa shape index (κ3) is 3.99. The summed E-state index contributed by atoms with van der Waals surface area (Å²) in [6.45, 7) is 1.13. The smallest absolute Gasteiger partial charge is 0.232 e. The van der Waals surface area contributed by atoms with Gasteiger partial charge < -0.3 is 9.64 Å². The van der Waals surface area contributed by atoms with Gasteiger partial charge in [0.1, 0.15) is 11.5 Å². The fourth-order valence-electron chi connectivity index (χ4n) is 1.93. The Morgan fingerprint density at radius 3 is 2.79 bits per heavy atom. The van der Waals surface area contributed by atoms with Gasteiger partial charge in [0.05, 0.1) is 12.9 Å². The summed E-state index contributed by atoms with van der Waals surface area (Å²) in [6.07, 6.45) is 0.991. The molecule has 0 radical (unpaired) electrons. The van der Waals surface area contributed by atoms with Crippen molar-refractivity contribution in [1.29, 1.82) is 0 Å². The van der Waals surface area contributed by atoms with Gasteiger partial charge in [-0.05, 0) is 18.2 Å². The van der Waals surface area contributed by atoms with Crippen LogP contribution in [0.4, 0.5) is 0 Å². The highest BCUT2D eigenvalue weighted by molar-refractivity contribution is 8.00. The third-order valence-corrected chi connectivity index (χ3v) is 4.06. The number of likely N-dealkylation sites (tertiary alicyclic amines) is 1. The SMILES string of the molecule is COc1cccc(SCC(=O)N2CCC(=O)CC2)c1. The van der Waals surface area contributed by atoms with E-state index in [1.165, 1.54) is 11.8 Å². The highest BCUT2D eigenvalue weighted by Gasteiger charge is 2.20. The summed E-state index contributed by atoms with van der Waals surface area (Å²) in [6, 6.07) is 7.66. The Hall–Kier alpha value is -1.49. The Balaban J connectivity index is 1.84. The molecule has 4 nitrogen and oxygen atoms in total. The monoisotopic (exact) mass is 279 g/mol. The Bertz CT molecular complexity index is 466. The normalized spacial score (nSPS) is 15.4. The van der Waals surface area contributed by atoms with Gasteiger partial charge >= 0.3 is 0 Å². The molecule has 5 heteroatoms. The molecule has 1 aromatic carbocycles. The number of ketones is 1. The molecule has 1 amide bonds. The molecular weight excluding hydrogens is 262 g/mol. The topological polar surface area (TPSA) is 46.6 Å². The second kappa shape index (κ2) is 6.61. The van der Waals surface area contributed by atoms with Gasteiger partial charge in [0.15, 0.2) is 0 Å². The van der Waals surface area contributed by atoms with E-state index in [-0.39, 0.29) is 11.7 Å². The van der Waals surface area contributed by atoms with Gasteiger partial charge in [-0.3, -0.25) is 9.59 Å². The first kappa shape index (κ1) is 13.9. The maximum Gasteiger partial charge on any atom is 0.232 e. The van der Waals surface area contributed by atoms with Crippen molar-refractivity contribution in [2.24, 2.45) is 0 Å². The summed E-state index contributed by atoms with van der Waals surface area (Å²) in [5.74, 6) is 1.55. The third-order valence-electron chi connectivity index (χ3n) is 3.08. The number of methoxy groups -OCH3 is 1. The molecule has 2 rings (SSSR count). The van der Waals surface area contributed by atoms with Crippen LogP contribution in [0.3, 0.4) is 0 Å². The predicted octanol–water partition coefficient (Wildman–Crippen LogP) is 1.98. The van der Waals surface area contributed by atoms with Gasteiger partial charge in [0.25, 0.3) is 0 Å². The van der Waals surface area contributed by atoms with Gasteiger partial charge in [-0.15, -0.1) is 11.8 Å².